The van der Waals surface area contributed by atoms with Crippen molar-refractivity contribution in [2.75, 3.05) is 32.1 Å². The first-order valence-electron chi connectivity index (χ1n) is 9.51. The van der Waals surface area contributed by atoms with Gasteiger partial charge in [0.15, 0.2) is 6.61 Å². The van der Waals surface area contributed by atoms with Gasteiger partial charge in [0.1, 0.15) is 0 Å². The Balaban J connectivity index is 2.17. The number of hydrogen-bond donors (Lipinski definition) is 0. The molecule has 9 heteroatoms. The van der Waals surface area contributed by atoms with E-state index in [1.165, 1.54) is 43.3 Å². The van der Waals surface area contributed by atoms with Crippen molar-refractivity contribution in [1.29, 1.82) is 5.26 Å². The van der Waals surface area contributed by atoms with E-state index in [1.54, 1.807) is 0 Å². The molecule has 0 unspecified atom stereocenters. The van der Waals surface area contributed by atoms with E-state index in [9.17, 15) is 18.0 Å². The maximum Gasteiger partial charge on any atom is 0.338 e. The number of nitriles is 1. The van der Waals surface area contributed by atoms with Crippen LogP contribution in [0.2, 0.25) is 0 Å². The molecule has 0 heterocycles. The number of carbonyl (C=O) groups is 2. The Hall–Kier alpha value is -3.22. The monoisotopic (exact) mass is 443 g/mol. The highest BCUT2D eigenvalue weighted by Gasteiger charge is 2.21. The first kappa shape index (κ1) is 24.1. The van der Waals surface area contributed by atoms with Crippen molar-refractivity contribution in [3.8, 4) is 6.07 Å². The molecule has 0 saturated heterocycles. The van der Waals surface area contributed by atoms with Crippen LogP contribution in [-0.2, 0) is 19.6 Å². The number of esters is 1. The van der Waals surface area contributed by atoms with Crippen molar-refractivity contribution in [3.05, 3.63) is 59.2 Å². The molecule has 0 aliphatic carbocycles. The van der Waals surface area contributed by atoms with Gasteiger partial charge in [0, 0.05) is 26.3 Å². The quantitative estimate of drug-likeness (QED) is 0.581. The van der Waals surface area contributed by atoms with Crippen LogP contribution in [0, 0.1) is 25.2 Å². The zero-order chi connectivity index (χ0) is 23.2. The molecule has 0 fully saturated rings. The summed E-state index contributed by atoms with van der Waals surface area (Å²) in [5, 5.41) is 8.92. The van der Waals surface area contributed by atoms with Crippen molar-refractivity contribution in [2.24, 2.45) is 0 Å². The van der Waals surface area contributed by atoms with Gasteiger partial charge in [-0.1, -0.05) is 12.1 Å². The van der Waals surface area contributed by atoms with E-state index in [1.807, 2.05) is 38.1 Å². The number of carbonyl (C=O) groups excluding carboxylic acids is 2. The number of sulfonamides is 1. The van der Waals surface area contributed by atoms with Crippen LogP contribution >= 0.6 is 0 Å². The summed E-state index contributed by atoms with van der Waals surface area (Å²) >= 11 is 0. The molecule has 8 nitrogen and oxygen atoms in total. The summed E-state index contributed by atoms with van der Waals surface area (Å²) in [7, 11) is -0.931. The van der Waals surface area contributed by atoms with Crippen molar-refractivity contribution < 1.29 is 22.7 Å². The summed E-state index contributed by atoms with van der Waals surface area (Å²) in [6.07, 6.45) is 0.122. The van der Waals surface area contributed by atoms with Crippen LogP contribution in [0.4, 0.5) is 5.69 Å². The Labute approximate surface area is 182 Å². The number of amides is 1. The SMILES string of the molecule is Cc1cc(C)cc(N(CCC#N)C(=O)COC(=O)c2cccc(S(=O)(=O)N(C)C)c2)c1. The van der Waals surface area contributed by atoms with Crippen molar-refractivity contribution >= 4 is 27.6 Å². The predicted octanol–water partition coefficient (Wildman–Crippen LogP) is 2.66. The highest BCUT2D eigenvalue weighted by molar-refractivity contribution is 7.89. The Morgan fingerprint density at radius 1 is 1.06 bits per heavy atom. The Morgan fingerprint density at radius 3 is 2.29 bits per heavy atom. The van der Waals surface area contributed by atoms with E-state index >= 15 is 0 Å². The molecule has 164 valence electrons. The lowest BCUT2D eigenvalue weighted by Crippen LogP contribution is -2.35. The molecule has 2 aromatic carbocycles. The predicted molar refractivity (Wildman–Crippen MR) is 116 cm³/mol. The van der Waals surface area contributed by atoms with Crippen LogP contribution in [0.5, 0.6) is 0 Å². The maximum atomic E-state index is 12.8. The fraction of sp³-hybridized carbons (Fsp3) is 0.318. The Bertz CT molecular complexity index is 1100. The van der Waals surface area contributed by atoms with E-state index in [-0.39, 0.29) is 23.4 Å². The first-order chi connectivity index (χ1) is 14.6. The maximum absolute atomic E-state index is 12.8. The third kappa shape index (κ3) is 6.13. The minimum absolute atomic E-state index is 0.0192. The molecular formula is C22H25N3O5S. The summed E-state index contributed by atoms with van der Waals surface area (Å²) in [5.41, 5.74) is 2.56. The number of hydrogen-bond acceptors (Lipinski definition) is 6. The second-order valence-electron chi connectivity index (χ2n) is 7.19. The van der Waals surface area contributed by atoms with Gasteiger partial charge in [0.2, 0.25) is 10.0 Å². The molecule has 0 bridgehead atoms. The van der Waals surface area contributed by atoms with Gasteiger partial charge < -0.3 is 9.64 Å². The molecule has 31 heavy (non-hydrogen) atoms. The van der Waals surface area contributed by atoms with Gasteiger partial charge in [-0.3, -0.25) is 4.79 Å². The number of anilines is 1. The summed E-state index contributed by atoms with van der Waals surface area (Å²) < 4.78 is 30.7. The average Bonchev–Trinajstić information content (AvgIpc) is 2.71. The van der Waals surface area contributed by atoms with Crippen LogP contribution in [0.25, 0.3) is 0 Å². The van der Waals surface area contributed by atoms with Crippen molar-refractivity contribution in [2.45, 2.75) is 25.2 Å². The van der Waals surface area contributed by atoms with Gasteiger partial charge in [0.25, 0.3) is 5.91 Å². The molecule has 0 N–H and O–H groups in total. The molecular weight excluding hydrogens is 418 g/mol. The molecule has 0 aliphatic rings. The zero-order valence-electron chi connectivity index (χ0n) is 18.0. The van der Waals surface area contributed by atoms with E-state index in [0.29, 0.717) is 5.69 Å². The number of aryl methyl sites for hydroxylation is 2. The van der Waals surface area contributed by atoms with Gasteiger partial charge in [-0.15, -0.1) is 0 Å². The van der Waals surface area contributed by atoms with Crippen LogP contribution < -0.4 is 4.90 Å². The van der Waals surface area contributed by atoms with Crippen molar-refractivity contribution in [1.82, 2.24) is 4.31 Å². The van der Waals surface area contributed by atoms with Crippen LogP contribution in [0.1, 0.15) is 27.9 Å². The highest BCUT2D eigenvalue weighted by atomic mass is 32.2. The van der Waals surface area contributed by atoms with Gasteiger partial charge in [0.05, 0.1) is 22.9 Å². The number of ether oxygens (including phenoxy) is 1. The minimum atomic E-state index is -3.71. The summed E-state index contributed by atoms with van der Waals surface area (Å²) in [4.78, 5) is 26.5. The van der Waals surface area contributed by atoms with E-state index in [2.05, 4.69) is 0 Å². The van der Waals surface area contributed by atoms with Gasteiger partial charge in [-0.2, -0.15) is 5.26 Å². The average molecular weight is 444 g/mol. The standard InChI is InChI=1S/C22H25N3O5S/c1-16-11-17(2)13-19(12-16)25(10-6-9-23)21(26)15-30-22(27)18-7-5-8-20(14-18)31(28,29)24(3)4/h5,7-8,11-14H,6,10,15H2,1-4H3. The first-order valence-corrected chi connectivity index (χ1v) is 11.0. The van der Waals surface area contributed by atoms with Crippen molar-refractivity contribution in [3.63, 3.8) is 0 Å². The highest BCUT2D eigenvalue weighted by Crippen LogP contribution is 2.20. The zero-order valence-corrected chi connectivity index (χ0v) is 18.8. The third-order valence-electron chi connectivity index (χ3n) is 4.44. The second kappa shape index (κ2) is 10.2. The number of rotatable bonds is 8. The molecule has 0 aliphatic heterocycles. The lowest BCUT2D eigenvalue weighted by atomic mass is 10.1. The van der Waals surface area contributed by atoms with Crippen LogP contribution in [0.3, 0.4) is 0 Å². The molecule has 0 aromatic heterocycles. The fourth-order valence-electron chi connectivity index (χ4n) is 2.95. The van der Waals surface area contributed by atoms with Gasteiger partial charge >= 0.3 is 5.97 Å². The molecule has 1 amide bonds. The van der Waals surface area contributed by atoms with Crippen LogP contribution in [0.15, 0.2) is 47.4 Å². The lowest BCUT2D eigenvalue weighted by molar-refractivity contribution is -0.121. The molecule has 0 saturated carbocycles. The normalized spacial score (nSPS) is 11.1. The molecule has 2 rings (SSSR count). The Morgan fingerprint density at radius 2 is 1.71 bits per heavy atom. The van der Waals surface area contributed by atoms with Crippen LogP contribution in [-0.4, -0.2) is 51.8 Å². The molecule has 2 aromatic rings. The number of nitrogens with zero attached hydrogens (tertiary/aromatic N) is 3. The number of benzene rings is 2. The fourth-order valence-corrected chi connectivity index (χ4v) is 3.90. The summed E-state index contributed by atoms with van der Waals surface area (Å²) in [6, 6.07) is 13.0. The summed E-state index contributed by atoms with van der Waals surface area (Å²) in [6.45, 7) is 3.42. The topological polar surface area (TPSA) is 108 Å². The van der Waals surface area contributed by atoms with Gasteiger partial charge in [-0.05, 0) is 55.3 Å². The lowest BCUT2D eigenvalue weighted by Gasteiger charge is -2.22. The smallest absolute Gasteiger partial charge is 0.338 e. The Kier molecular flexibility index (Phi) is 7.91. The van der Waals surface area contributed by atoms with E-state index in [4.69, 9.17) is 10.00 Å². The minimum Gasteiger partial charge on any atom is -0.452 e. The molecule has 0 spiro atoms. The molecule has 0 radical (unpaired) electrons. The van der Waals surface area contributed by atoms with Gasteiger partial charge in [-0.25, -0.2) is 17.5 Å². The molecule has 0 atom stereocenters. The van der Waals surface area contributed by atoms with E-state index < -0.39 is 28.5 Å². The third-order valence-corrected chi connectivity index (χ3v) is 6.25. The largest absolute Gasteiger partial charge is 0.452 e. The second-order valence-corrected chi connectivity index (χ2v) is 9.34. The summed E-state index contributed by atoms with van der Waals surface area (Å²) in [5.74, 6) is -1.30. The van der Waals surface area contributed by atoms with E-state index in [0.717, 1.165) is 15.4 Å².